The molecule has 0 aromatic heterocycles. The molecule has 0 bridgehead atoms. The molecule has 0 aliphatic carbocycles. The molecule has 5 nitrogen and oxygen atoms in total. The van der Waals surface area contributed by atoms with Crippen LogP contribution in [0.5, 0.6) is 0 Å². The highest BCUT2D eigenvalue weighted by atomic mass is 32.1. The highest BCUT2D eigenvalue weighted by Crippen LogP contribution is 2.07. The Balaban J connectivity index is 1.82. The Morgan fingerprint density at radius 2 is 2.04 bits per heavy atom. The minimum absolute atomic E-state index is 0.660. The minimum atomic E-state index is 0.660. The molecular weight excluding hydrogens is 322 g/mol. The number of hydrogen-bond donors (Lipinski definition) is 1. The van der Waals surface area contributed by atoms with E-state index in [1.807, 2.05) is 6.07 Å². The van der Waals surface area contributed by atoms with Gasteiger partial charge in [-0.25, -0.2) is 0 Å². The van der Waals surface area contributed by atoms with Gasteiger partial charge in [-0.3, -0.25) is 4.90 Å². The molecule has 0 saturated carbocycles. The Bertz CT molecular complexity index is 467. The van der Waals surface area contributed by atoms with Crippen LogP contribution in [-0.2, 0) is 16.0 Å². The smallest absolute Gasteiger partial charge is 0.169 e. The first-order valence-corrected chi connectivity index (χ1v) is 9.06. The molecule has 0 atom stereocenters. The zero-order valence-corrected chi connectivity index (χ0v) is 15.4. The average Bonchev–Trinajstić information content (AvgIpc) is 2.63. The van der Waals surface area contributed by atoms with E-state index in [9.17, 15) is 0 Å². The van der Waals surface area contributed by atoms with Crippen molar-refractivity contribution in [3.63, 3.8) is 0 Å². The lowest BCUT2D eigenvalue weighted by atomic mass is 10.2. The van der Waals surface area contributed by atoms with Crippen molar-refractivity contribution in [2.45, 2.75) is 13.0 Å². The van der Waals surface area contributed by atoms with E-state index in [1.54, 1.807) is 7.11 Å². The number of methoxy groups -OCH3 is 1. The lowest BCUT2D eigenvalue weighted by Crippen LogP contribution is -2.42. The summed E-state index contributed by atoms with van der Waals surface area (Å²) in [7, 11) is 1.70. The molecule has 6 heteroatoms. The van der Waals surface area contributed by atoms with Crippen molar-refractivity contribution in [2.75, 3.05) is 59.7 Å². The predicted molar refractivity (Wildman–Crippen MR) is 101 cm³/mol. The summed E-state index contributed by atoms with van der Waals surface area (Å²) >= 11 is 5.58. The fourth-order valence-corrected chi connectivity index (χ4v) is 3.00. The molecule has 1 aromatic carbocycles. The van der Waals surface area contributed by atoms with Gasteiger partial charge in [0.15, 0.2) is 5.11 Å². The highest BCUT2D eigenvalue weighted by Gasteiger charge is 2.13. The molecule has 1 aliphatic rings. The van der Waals surface area contributed by atoms with Crippen molar-refractivity contribution in [1.29, 1.82) is 0 Å². The molecule has 0 spiro atoms. The number of thiocarbonyl (C=S) groups is 1. The van der Waals surface area contributed by atoms with Gasteiger partial charge < -0.3 is 19.7 Å². The first-order chi connectivity index (χ1) is 11.8. The summed E-state index contributed by atoms with van der Waals surface area (Å²) in [4.78, 5) is 4.71. The van der Waals surface area contributed by atoms with Gasteiger partial charge in [0.25, 0.3) is 0 Å². The summed E-state index contributed by atoms with van der Waals surface area (Å²) in [5, 5.41) is 4.09. The fraction of sp³-hybridized carbons (Fsp3) is 0.611. The van der Waals surface area contributed by atoms with Gasteiger partial charge in [0.2, 0.25) is 0 Å². The Labute approximate surface area is 150 Å². The van der Waals surface area contributed by atoms with E-state index in [-0.39, 0.29) is 0 Å². The van der Waals surface area contributed by atoms with Gasteiger partial charge >= 0.3 is 0 Å². The lowest BCUT2D eigenvalue weighted by molar-refractivity contribution is 0.0367. The Hall–Kier alpha value is -1.21. The summed E-state index contributed by atoms with van der Waals surface area (Å²) in [6.45, 7) is 8.06. The Kier molecular flexibility index (Phi) is 9.05. The first-order valence-electron chi connectivity index (χ1n) is 8.65. The van der Waals surface area contributed by atoms with Crippen molar-refractivity contribution in [3.05, 3.63) is 35.9 Å². The molecule has 0 amide bonds. The van der Waals surface area contributed by atoms with Crippen LogP contribution in [0.3, 0.4) is 0 Å². The third-order valence-corrected chi connectivity index (χ3v) is 4.49. The van der Waals surface area contributed by atoms with Crippen molar-refractivity contribution >= 4 is 17.3 Å². The van der Waals surface area contributed by atoms with E-state index < -0.39 is 0 Å². The van der Waals surface area contributed by atoms with Gasteiger partial charge in [0.05, 0.1) is 19.8 Å². The zero-order valence-electron chi connectivity index (χ0n) is 14.6. The number of nitrogens with one attached hydrogen (secondary N) is 1. The van der Waals surface area contributed by atoms with Crippen LogP contribution in [0.25, 0.3) is 0 Å². The van der Waals surface area contributed by atoms with E-state index in [1.165, 1.54) is 5.56 Å². The van der Waals surface area contributed by atoms with Crippen LogP contribution in [0.4, 0.5) is 0 Å². The maximum Gasteiger partial charge on any atom is 0.169 e. The first kappa shape index (κ1) is 19.1. The summed E-state index contributed by atoms with van der Waals surface area (Å²) in [5.41, 5.74) is 1.28. The third-order valence-electron chi connectivity index (χ3n) is 4.09. The van der Waals surface area contributed by atoms with E-state index in [2.05, 4.69) is 39.4 Å². The fourth-order valence-electron chi connectivity index (χ4n) is 2.74. The Morgan fingerprint density at radius 1 is 1.29 bits per heavy atom. The molecule has 1 saturated heterocycles. The number of rotatable bonds is 9. The van der Waals surface area contributed by atoms with Gasteiger partial charge in [-0.1, -0.05) is 30.3 Å². The number of morpholine rings is 1. The summed E-state index contributed by atoms with van der Waals surface area (Å²) in [5.74, 6) is 0. The van der Waals surface area contributed by atoms with Crippen LogP contribution in [0.15, 0.2) is 30.3 Å². The van der Waals surface area contributed by atoms with Gasteiger partial charge in [0, 0.05) is 46.4 Å². The molecule has 24 heavy (non-hydrogen) atoms. The standard InChI is InChI=1S/C18H29N3O2S/c1-22-13-8-19-18(24)21(16-17-6-3-2-4-7-17)10-5-9-20-11-14-23-15-12-20/h2-4,6-7H,5,8-16H2,1H3,(H,19,24). The molecule has 1 fully saturated rings. The molecule has 2 rings (SSSR count). The number of benzene rings is 1. The average molecular weight is 352 g/mol. The summed E-state index contributed by atoms with van der Waals surface area (Å²) < 4.78 is 10.5. The van der Waals surface area contributed by atoms with Crippen LogP contribution in [0.1, 0.15) is 12.0 Å². The summed E-state index contributed by atoms with van der Waals surface area (Å²) in [6, 6.07) is 10.5. The lowest BCUT2D eigenvalue weighted by Gasteiger charge is -2.29. The van der Waals surface area contributed by atoms with Crippen LogP contribution < -0.4 is 5.32 Å². The van der Waals surface area contributed by atoms with Crippen LogP contribution >= 0.6 is 12.2 Å². The van der Waals surface area contributed by atoms with Crippen molar-refractivity contribution in [1.82, 2.24) is 15.1 Å². The van der Waals surface area contributed by atoms with Gasteiger partial charge in [0.1, 0.15) is 0 Å². The van der Waals surface area contributed by atoms with Gasteiger partial charge in [-0.15, -0.1) is 0 Å². The molecule has 0 radical (unpaired) electrons. The topological polar surface area (TPSA) is 37.0 Å². The molecule has 1 N–H and O–H groups in total. The quantitative estimate of drug-likeness (QED) is 0.539. The van der Waals surface area contributed by atoms with E-state index in [4.69, 9.17) is 21.7 Å². The normalized spacial score (nSPS) is 15.2. The molecule has 1 heterocycles. The molecule has 1 aliphatic heterocycles. The van der Waals surface area contributed by atoms with E-state index in [0.717, 1.165) is 64.0 Å². The predicted octanol–water partition coefficient (Wildman–Crippen LogP) is 1.73. The second kappa shape index (κ2) is 11.4. The van der Waals surface area contributed by atoms with E-state index >= 15 is 0 Å². The van der Waals surface area contributed by atoms with Crippen LogP contribution in [0.2, 0.25) is 0 Å². The maximum atomic E-state index is 5.58. The molecule has 0 unspecified atom stereocenters. The van der Waals surface area contributed by atoms with Crippen molar-refractivity contribution in [3.8, 4) is 0 Å². The SMILES string of the molecule is COCCNC(=S)N(CCCN1CCOCC1)Cc1ccccc1. The van der Waals surface area contributed by atoms with Crippen molar-refractivity contribution < 1.29 is 9.47 Å². The molecular formula is C18H29N3O2S. The van der Waals surface area contributed by atoms with Crippen LogP contribution in [0, 0.1) is 0 Å². The van der Waals surface area contributed by atoms with Crippen LogP contribution in [-0.4, -0.2) is 74.6 Å². The van der Waals surface area contributed by atoms with E-state index in [0.29, 0.717) is 6.61 Å². The van der Waals surface area contributed by atoms with Gasteiger partial charge in [-0.05, 0) is 24.2 Å². The Morgan fingerprint density at radius 3 is 2.75 bits per heavy atom. The number of hydrogen-bond acceptors (Lipinski definition) is 4. The summed E-state index contributed by atoms with van der Waals surface area (Å²) in [6.07, 6.45) is 1.10. The largest absolute Gasteiger partial charge is 0.383 e. The molecule has 1 aromatic rings. The minimum Gasteiger partial charge on any atom is -0.383 e. The second-order valence-corrected chi connectivity index (χ2v) is 6.33. The highest BCUT2D eigenvalue weighted by molar-refractivity contribution is 7.80. The van der Waals surface area contributed by atoms with Crippen molar-refractivity contribution in [2.24, 2.45) is 0 Å². The molecule has 134 valence electrons. The maximum absolute atomic E-state index is 5.58. The van der Waals surface area contributed by atoms with Gasteiger partial charge in [-0.2, -0.15) is 0 Å². The third kappa shape index (κ3) is 7.13. The number of nitrogens with zero attached hydrogens (tertiary/aromatic N) is 2. The number of ether oxygens (including phenoxy) is 2. The zero-order chi connectivity index (χ0) is 17.0. The second-order valence-electron chi connectivity index (χ2n) is 5.94. The monoisotopic (exact) mass is 351 g/mol.